The number of nitrogens with zero attached hydrogens (tertiary/aromatic N) is 18. The van der Waals surface area contributed by atoms with Crippen molar-refractivity contribution in [1.82, 2.24) is 88.2 Å². The summed E-state index contributed by atoms with van der Waals surface area (Å²) >= 11 is 0. The smallest absolute Gasteiger partial charge is 0.143 e. The summed E-state index contributed by atoms with van der Waals surface area (Å²) in [4.78, 5) is 78.0. The van der Waals surface area contributed by atoms with Crippen LogP contribution in [0.25, 0.3) is 0 Å². The Bertz CT molecular complexity index is 3770. The summed E-state index contributed by atoms with van der Waals surface area (Å²) in [5.41, 5.74) is 4.92. The van der Waals surface area contributed by atoms with Gasteiger partial charge in [-0.15, -0.1) is 0 Å². The van der Waals surface area contributed by atoms with Gasteiger partial charge in [-0.3, -0.25) is 83.0 Å². The average Bonchev–Trinajstić information content (AvgIpc) is 1.57. The van der Waals surface area contributed by atoms with Crippen LogP contribution in [-0.4, -0.2) is 471 Å². The summed E-state index contributed by atoms with van der Waals surface area (Å²) in [7, 11) is 0. The Morgan fingerprint density at radius 1 is 0.273 bits per heavy atom. The number of rotatable bonds is 20. The van der Waals surface area contributed by atoms with Crippen molar-refractivity contribution in [3.05, 3.63) is 49.4 Å². The van der Waals surface area contributed by atoms with Gasteiger partial charge in [-0.05, 0) is 389 Å². The standard InChI is InChI=1S/C15H28N2O.2C14H26N2O.2C13H24N2O.2C12H22N2O.C11H22N2.C10H22N2/c1-13(18)11-16-8-5-15(12-16)6-9-17(10-7-15)14(2,3)4;1-12(17)9-15-7-5-14(6-8-15)10-16(11-14)13(2,3)4;1-12(2)16-9-6-14(11-16)4-7-15(8-5-14)10-13(3)17;1-10(16)5-14-6-11-8-15(13(2,3)4)9-12(11)7-14;1-11(2)15-6-4-13(5-7-15)9-14(10-13)8-12(3)16;1-10(2)14-5-4-12(9-14)7-13(8-12)6-11(3)15;1-10(2)14-8-12(9-14)4-5-13(7-12)6-11(3)15;1-5-12-7-10-6-9(12)8-13(10)11(2,3)4;1-5-11-6-8-12(9-7-11)10(2,3)4/h5-12H2,1-4H3;17H,1,5-11H2,2-4H3;12H,4-11H2,1-3H3;11-12,16H,1,5-9H2,2-4H3;11,16H,3-10H2,1-2H3;10,15H,3-9H2,1-2H3;10H,4-9H2,1-3H3;9-10H,5-8H2,1-4H3;5-9H2,1-4H3. The second-order valence-corrected chi connectivity index (χ2v) is 53.9. The lowest BCUT2D eigenvalue weighted by atomic mass is 9.70. The summed E-state index contributed by atoms with van der Waals surface area (Å²) < 4.78 is 0. The Labute approximate surface area is 852 Å². The molecule has 17 saturated heterocycles. The zero-order valence-corrected chi connectivity index (χ0v) is 95.1. The average molecular weight is 1950 g/mol. The third-order valence-corrected chi connectivity index (χ3v) is 35.5. The molecule has 0 aliphatic carbocycles. The zero-order valence-electron chi connectivity index (χ0n) is 95.1. The Morgan fingerprint density at radius 3 is 0.957 bits per heavy atom. The van der Waals surface area contributed by atoms with Crippen LogP contribution in [-0.2, 0) is 14.4 Å². The number of carbonyl (C=O) groups is 3. The molecule has 0 aromatic heterocycles. The fourth-order valence-corrected chi connectivity index (χ4v) is 26.5. The molecule has 4 unspecified atom stereocenters. The van der Waals surface area contributed by atoms with Crippen LogP contribution in [0.1, 0.15) is 277 Å². The topological polar surface area (TPSA) is 190 Å². The molecule has 139 heavy (non-hydrogen) atoms. The first-order valence-corrected chi connectivity index (χ1v) is 55.8. The highest BCUT2D eigenvalue weighted by Crippen LogP contribution is 2.48. The molecule has 4 N–H and O–H groups in total. The van der Waals surface area contributed by atoms with Crippen molar-refractivity contribution in [3.63, 3.8) is 0 Å². The van der Waals surface area contributed by atoms with Gasteiger partial charge in [0.2, 0.25) is 0 Å². The van der Waals surface area contributed by atoms with Gasteiger partial charge in [0.25, 0.3) is 0 Å². The van der Waals surface area contributed by atoms with E-state index in [-0.39, 0.29) is 0 Å². The number of Topliss-reactive ketones (excluding diaryl/α,β-unsaturated/α-hetero) is 3. The van der Waals surface area contributed by atoms with Crippen LogP contribution in [0.2, 0.25) is 0 Å². The highest BCUT2D eigenvalue weighted by molar-refractivity contribution is 5.78. The lowest BCUT2D eigenvalue weighted by Gasteiger charge is -2.58. The van der Waals surface area contributed by atoms with Crippen molar-refractivity contribution in [1.29, 1.82) is 0 Å². The molecule has 0 radical (unpaired) electrons. The Hall–Kier alpha value is -3.55. The van der Waals surface area contributed by atoms with Gasteiger partial charge in [0.15, 0.2) is 0 Å². The molecule has 25 heteroatoms. The lowest BCUT2D eigenvalue weighted by Crippen LogP contribution is -2.65. The largest absolute Gasteiger partial charge is 0.512 e. The summed E-state index contributed by atoms with van der Waals surface area (Å²) in [5.74, 6) is 3.68. The number of carbonyl (C=O) groups excluding carboxylic acids is 3. The predicted molar refractivity (Wildman–Crippen MR) is 581 cm³/mol. The van der Waals surface area contributed by atoms with E-state index < -0.39 is 0 Å². The van der Waals surface area contributed by atoms with Gasteiger partial charge in [-0.25, -0.2) is 0 Å². The van der Waals surface area contributed by atoms with E-state index in [9.17, 15) is 24.6 Å². The third-order valence-electron chi connectivity index (χ3n) is 35.5. The third kappa shape index (κ3) is 35.9. The summed E-state index contributed by atoms with van der Waals surface area (Å²) in [6.07, 6.45) is 17.0. The number of fused-ring (bicyclic) bond motifs is 3. The monoisotopic (exact) mass is 1950 g/mol. The normalized spacial score (nSPS) is 27.3. The van der Waals surface area contributed by atoms with Crippen LogP contribution < -0.4 is 0 Å². The van der Waals surface area contributed by atoms with Crippen LogP contribution >= 0.6 is 0 Å². The van der Waals surface area contributed by atoms with Gasteiger partial charge in [0.1, 0.15) is 17.3 Å². The maximum absolute atomic E-state index is 11.2. The first-order valence-electron chi connectivity index (χ1n) is 55.8. The molecule has 804 valence electrons. The fraction of sp³-hybridized carbons (Fsp3) is 0.904. The van der Waals surface area contributed by atoms with E-state index in [0.717, 1.165) is 116 Å². The van der Waals surface area contributed by atoms with Crippen molar-refractivity contribution >= 4 is 17.3 Å². The molecule has 4 atom stereocenters. The van der Waals surface area contributed by atoms with E-state index in [2.05, 4.69) is 288 Å². The molecule has 6 spiro atoms. The Morgan fingerprint density at radius 2 is 0.576 bits per heavy atom. The molecule has 17 heterocycles. The quantitative estimate of drug-likeness (QED) is 0.0841. The number of ketones is 3. The number of likely N-dealkylation sites (N-methyl/N-ethyl adjacent to an activating group) is 2. The molecular weight excluding hydrogens is 1730 g/mol. The highest BCUT2D eigenvalue weighted by atomic mass is 16.3. The molecule has 2 bridgehead atoms. The minimum Gasteiger partial charge on any atom is -0.512 e. The van der Waals surface area contributed by atoms with Crippen molar-refractivity contribution in [2.75, 3.05) is 281 Å². The maximum Gasteiger partial charge on any atom is 0.143 e. The van der Waals surface area contributed by atoms with Crippen LogP contribution in [0.5, 0.6) is 0 Å². The van der Waals surface area contributed by atoms with E-state index in [1.165, 1.54) is 227 Å². The first kappa shape index (κ1) is 119. The van der Waals surface area contributed by atoms with Gasteiger partial charge in [0.05, 0.1) is 68.8 Å². The van der Waals surface area contributed by atoms with E-state index in [1.807, 2.05) is 0 Å². The lowest BCUT2D eigenvalue weighted by molar-refractivity contribution is -0.119. The van der Waals surface area contributed by atoms with Crippen LogP contribution in [0.4, 0.5) is 0 Å². The summed E-state index contributed by atoms with van der Waals surface area (Å²) in [5, 5.41) is 36.7. The van der Waals surface area contributed by atoms with Crippen molar-refractivity contribution in [2.24, 2.45) is 44.3 Å². The van der Waals surface area contributed by atoms with Gasteiger partial charge < -0.3 is 40.0 Å². The highest BCUT2D eigenvalue weighted by Gasteiger charge is 2.54. The molecule has 0 aromatic rings. The maximum atomic E-state index is 11.2. The second kappa shape index (κ2) is 50.6. The number of likely N-dealkylation sites (tertiary alicyclic amines) is 16. The molecule has 17 fully saturated rings. The summed E-state index contributed by atoms with van der Waals surface area (Å²) in [6.45, 7) is 124. The Kier molecular flexibility index (Phi) is 43.3. The number of piperazine rings is 2. The Balaban J connectivity index is 0.000000175. The number of aliphatic hydroxyl groups excluding tert-OH is 4. The zero-order chi connectivity index (χ0) is 103. The SMILES string of the molecule is C=C(O)CN1CC2(CCN(C(C)C)C2)C1.C=C(O)CN1CC2(CCN(C(C)C)CC2)C1.C=C(O)CN1CC2CN(C(C)(C)C)CC2C1.C=C(O)CN1CCC2(CC1)CN(C(C)(C)C)C2.CC(=O)CN1CCC2(C1)CN(C(C)C)C2.CC(=O)CN1CCC2(CC1)CCN(C(C)C)C2.CC(=O)CN1CCC2(CCN(C(C)(C)C)CC2)C1.CCN1CC2CC1CN2C(C)(C)C.CCN1CCN(C(C)(C)C)CC1. The number of piperidine rings is 4. The van der Waals surface area contributed by atoms with Gasteiger partial charge in [-0.2, -0.15) is 0 Å². The van der Waals surface area contributed by atoms with Crippen molar-refractivity contribution in [2.45, 2.75) is 341 Å². The van der Waals surface area contributed by atoms with Crippen molar-refractivity contribution in [3.8, 4) is 0 Å². The molecule has 17 aliphatic heterocycles. The summed E-state index contributed by atoms with van der Waals surface area (Å²) in [6, 6.07) is 4.42. The van der Waals surface area contributed by atoms with E-state index in [0.29, 0.717) is 171 Å². The second-order valence-electron chi connectivity index (χ2n) is 53.9. The number of hydrogen-bond donors (Lipinski definition) is 4. The molecule has 17 rings (SSSR count). The van der Waals surface area contributed by atoms with Gasteiger partial charge in [-0.1, -0.05) is 40.2 Å². The van der Waals surface area contributed by atoms with E-state index >= 15 is 0 Å². The van der Waals surface area contributed by atoms with Gasteiger partial charge in [0, 0.05) is 219 Å². The van der Waals surface area contributed by atoms with Crippen molar-refractivity contribution < 1.29 is 34.8 Å². The van der Waals surface area contributed by atoms with E-state index in [1.54, 1.807) is 20.8 Å². The molecule has 0 saturated carbocycles. The minimum absolute atomic E-state index is 0.295. The molecule has 17 aliphatic rings. The number of hydrogen-bond acceptors (Lipinski definition) is 25. The molecule has 0 aromatic carbocycles. The van der Waals surface area contributed by atoms with Crippen LogP contribution in [0, 0.1) is 44.3 Å². The van der Waals surface area contributed by atoms with Gasteiger partial charge >= 0.3 is 0 Å². The molecule has 25 nitrogen and oxygen atoms in total. The molecule has 0 amide bonds. The molecular formula is C114H216N18O7. The fourth-order valence-electron chi connectivity index (χ4n) is 26.5. The van der Waals surface area contributed by atoms with E-state index in [4.69, 9.17) is 10.2 Å². The first-order chi connectivity index (χ1) is 64.6. The predicted octanol–water partition coefficient (Wildman–Crippen LogP) is 15.2. The van der Waals surface area contributed by atoms with Crippen LogP contribution in [0.15, 0.2) is 49.4 Å². The minimum atomic E-state index is 0.295. The number of aliphatic hydroxyl groups is 4. The van der Waals surface area contributed by atoms with Crippen LogP contribution in [0.3, 0.4) is 0 Å².